The van der Waals surface area contributed by atoms with Crippen LogP contribution in [0.5, 0.6) is 0 Å². The van der Waals surface area contributed by atoms with Crippen LogP contribution in [0.1, 0.15) is 66.7 Å². The van der Waals surface area contributed by atoms with E-state index in [4.69, 9.17) is 10.2 Å². The smallest absolute Gasteiger partial charge is 0.332 e. The molecule has 0 rings (SSSR count). The summed E-state index contributed by atoms with van der Waals surface area (Å²) in [5.74, 6) is -1.25. The predicted octanol–water partition coefficient (Wildman–Crippen LogP) is 5.01. The summed E-state index contributed by atoms with van der Waals surface area (Å²) < 4.78 is 4.27. The van der Waals surface area contributed by atoms with Gasteiger partial charge >= 0.3 is 17.9 Å². The highest BCUT2D eigenvalue weighted by atomic mass is 16.5. The lowest BCUT2D eigenvalue weighted by molar-refractivity contribution is -0.136. The minimum Gasteiger partial charge on any atom is -0.478 e. The predicted molar refractivity (Wildman–Crippen MR) is 109 cm³/mol. The zero-order chi connectivity index (χ0) is 21.8. The van der Waals surface area contributed by atoms with E-state index < -0.39 is 11.9 Å². The van der Waals surface area contributed by atoms with Crippen molar-refractivity contribution in [3.63, 3.8) is 0 Å². The lowest BCUT2D eigenvalue weighted by Gasteiger charge is -2.02. The van der Waals surface area contributed by atoms with Crippen LogP contribution >= 0.6 is 0 Å². The molecule has 0 fully saturated rings. The van der Waals surface area contributed by atoms with E-state index in [0.717, 1.165) is 18.8 Å². The van der Waals surface area contributed by atoms with E-state index in [1.807, 2.05) is 0 Å². The fourth-order valence-electron chi connectivity index (χ4n) is 1.47. The molecular formula is C21H36O6. The maximum absolute atomic E-state index is 10.2. The van der Waals surface area contributed by atoms with Gasteiger partial charge in [0.15, 0.2) is 0 Å². The lowest BCUT2D eigenvalue weighted by Crippen LogP contribution is -1.98. The standard InChI is InChI=1S/C11H20O2.2C5H8O2/c1-10(2)8-6-4-3-5-7-9-11(12)13;1-4(2)5(6)7-3;1-3-4(2)5(6)7/h7,9-10H,3-6,8H2,1-2H3,(H,12,13);1H2,2-3H3;3H,1-2H3,(H,6,7). The van der Waals surface area contributed by atoms with Crippen LogP contribution in [0.15, 0.2) is 36.0 Å². The number of carbonyl (C=O) groups excluding carboxylic acids is 1. The Morgan fingerprint density at radius 2 is 1.63 bits per heavy atom. The van der Waals surface area contributed by atoms with Gasteiger partial charge in [-0.25, -0.2) is 14.4 Å². The van der Waals surface area contributed by atoms with E-state index in [2.05, 4.69) is 25.2 Å². The van der Waals surface area contributed by atoms with Crippen molar-refractivity contribution < 1.29 is 29.3 Å². The third-order valence-electron chi connectivity index (χ3n) is 3.22. The minimum atomic E-state index is -0.845. The van der Waals surface area contributed by atoms with Crippen LogP contribution in [-0.2, 0) is 19.1 Å². The minimum absolute atomic E-state index is 0.347. The molecule has 2 N–H and O–H groups in total. The Bertz CT molecular complexity index is 501. The lowest BCUT2D eigenvalue weighted by atomic mass is 10.0. The Labute approximate surface area is 163 Å². The largest absolute Gasteiger partial charge is 0.478 e. The molecule has 0 atom stereocenters. The van der Waals surface area contributed by atoms with Gasteiger partial charge in [0, 0.05) is 17.2 Å². The zero-order valence-electron chi connectivity index (χ0n) is 17.6. The van der Waals surface area contributed by atoms with Crippen molar-refractivity contribution >= 4 is 17.9 Å². The molecule has 0 aromatic carbocycles. The Morgan fingerprint density at radius 3 is 1.89 bits per heavy atom. The number of aliphatic carboxylic acids is 2. The number of ether oxygens (including phenoxy) is 1. The average Bonchev–Trinajstić information content (AvgIpc) is 2.59. The van der Waals surface area contributed by atoms with E-state index in [0.29, 0.717) is 11.1 Å². The molecule has 0 aliphatic rings. The van der Waals surface area contributed by atoms with Crippen molar-refractivity contribution in [2.24, 2.45) is 5.92 Å². The number of methoxy groups -OCH3 is 1. The van der Waals surface area contributed by atoms with Crippen LogP contribution < -0.4 is 0 Å². The van der Waals surface area contributed by atoms with Crippen molar-refractivity contribution in [2.45, 2.75) is 66.7 Å². The van der Waals surface area contributed by atoms with E-state index in [-0.39, 0.29) is 5.97 Å². The second-order valence-electron chi connectivity index (χ2n) is 6.32. The summed E-state index contributed by atoms with van der Waals surface area (Å²) in [6.07, 6.45) is 10.3. The van der Waals surface area contributed by atoms with Gasteiger partial charge in [-0.3, -0.25) is 0 Å². The number of carbonyl (C=O) groups is 3. The maximum atomic E-state index is 10.2. The molecular weight excluding hydrogens is 348 g/mol. The molecule has 0 spiro atoms. The Hall–Kier alpha value is -2.37. The first kappa shape index (κ1) is 29.4. The molecule has 0 bridgehead atoms. The first-order valence-corrected chi connectivity index (χ1v) is 8.98. The van der Waals surface area contributed by atoms with Crippen LogP contribution in [-0.4, -0.2) is 35.2 Å². The summed E-state index contributed by atoms with van der Waals surface area (Å²) >= 11 is 0. The highest BCUT2D eigenvalue weighted by Crippen LogP contribution is 2.09. The third-order valence-corrected chi connectivity index (χ3v) is 3.22. The Kier molecular flexibility index (Phi) is 21.7. The molecule has 0 heterocycles. The first-order chi connectivity index (χ1) is 12.5. The van der Waals surface area contributed by atoms with E-state index in [1.165, 1.54) is 32.4 Å². The van der Waals surface area contributed by atoms with Crippen molar-refractivity contribution in [2.75, 3.05) is 7.11 Å². The third kappa shape index (κ3) is 28.7. The molecule has 156 valence electrons. The molecule has 0 saturated heterocycles. The number of esters is 1. The van der Waals surface area contributed by atoms with Crippen molar-refractivity contribution in [3.05, 3.63) is 36.0 Å². The van der Waals surface area contributed by atoms with E-state index in [9.17, 15) is 14.4 Å². The van der Waals surface area contributed by atoms with Gasteiger partial charge in [-0.1, -0.05) is 51.8 Å². The molecule has 0 unspecified atom stereocenters. The molecule has 6 nitrogen and oxygen atoms in total. The molecule has 0 aromatic rings. The number of hydrogen-bond donors (Lipinski definition) is 2. The topological polar surface area (TPSA) is 101 Å². The zero-order valence-corrected chi connectivity index (χ0v) is 17.6. The van der Waals surface area contributed by atoms with Crippen LogP contribution in [0.25, 0.3) is 0 Å². The van der Waals surface area contributed by atoms with Gasteiger partial charge in [0.05, 0.1) is 7.11 Å². The molecule has 0 aromatic heterocycles. The fraction of sp³-hybridized carbons (Fsp3) is 0.571. The van der Waals surface area contributed by atoms with Gasteiger partial charge in [0.1, 0.15) is 0 Å². The van der Waals surface area contributed by atoms with Crippen molar-refractivity contribution in [3.8, 4) is 0 Å². The van der Waals surface area contributed by atoms with Gasteiger partial charge in [-0.15, -0.1) is 0 Å². The van der Waals surface area contributed by atoms with Crippen molar-refractivity contribution in [1.29, 1.82) is 0 Å². The van der Waals surface area contributed by atoms with Crippen LogP contribution in [0.2, 0.25) is 0 Å². The summed E-state index contributed by atoms with van der Waals surface area (Å²) in [6, 6.07) is 0. The highest BCUT2D eigenvalue weighted by molar-refractivity contribution is 5.86. The van der Waals surface area contributed by atoms with Crippen LogP contribution in [0, 0.1) is 5.92 Å². The Morgan fingerprint density at radius 1 is 1.07 bits per heavy atom. The Balaban J connectivity index is -0.000000350. The molecule has 0 aliphatic heterocycles. The van der Waals surface area contributed by atoms with Gasteiger partial charge in [0.25, 0.3) is 0 Å². The number of allylic oxidation sites excluding steroid dienone is 2. The number of carboxylic acid groups (broad SMARTS) is 2. The summed E-state index contributed by atoms with van der Waals surface area (Å²) in [5.41, 5.74) is 0.822. The van der Waals surface area contributed by atoms with Gasteiger partial charge in [0.2, 0.25) is 0 Å². The number of rotatable bonds is 9. The second-order valence-corrected chi connectivity index (χ2v) is 6.32. The summed E-state index contributed by atoms with van der Waals surface area (Å²) in [4.78, 5) is 30.1. The quantitative estimate of drug-likeness (QED) is 0.329. The van der Waals surface area contributed by atoms with E-state index >= 15 is 0 Å². The molecule has 0 amide bonds. The monoisotopic (exact) mass is 384 g/mol. The normalized spacial score (nSPS) is 10.4. The second kappa shape index (κ2) is 19.9. The van der Waals surface area contributed by atoms with Gasteiger partial charge < -0.3 is 14.9 Å². The molecule has 0 saturated carbocycles. The molecule has 6 heteroatoms. The summed E-state index contributed by atoms with van der Waals surface area (Å²) in [6.45, 7) is 12.7. The molecule has 27 heavy (non-hydrogen) atoms. The number of carboxylic acids is 2. The van der Waals surface area contributed by atoms with Crippen LogP contribution in [0.3, 0.4) is 0 Å². The molecule has 0 aliphatic carbocycles. The average molecular weight is 385 g/mol. The van der Waals surface area contributed by atoms with Gasteiger partial charge in [-0.2, -0.15) is 0 Å². The fourth-order valence-corrected chi connectivity index (χ4v) is 1.47. The van der Waals surface area contributed by atoms with Crippen molar-refractivity contribution in [1.82, 2.24) is 0 Å². The first-order valence-electron chi connectivity index (χ1n) is 8.98. The summed E-state index contributed by atoms with van der Waals surface area (Å²) in [5, 5.41) is 16.4. The molecule has 0 radical (unpaired) electrons. The van der Waals surface area contributed by atoms with E-state index in [1.54, 1.807) is 32.9 Å². The van der Waals surface area contributed by atoms with Gasteiger partial charge in [-0.05, 0) is 39.5 Å². The highest BCUT2D eigenvalue weighted by Gasteiger charge is 1.95. The maximum Gasteiger partial charge on any atom is 0.332 e. The van der Waals surface area contributed by atoms with Crippen LogP contribution in [0.4, 0.5) is 0 Å². The summed E-state index contributed by atoms with van der Waals surface area (Å²) in [7, 11) is 1.33. The number of unbranched alkanes of at least 4 members (excludes halogenated alkanes) is 3. The number of hydrogen-bond acceptors (Lipinski definition) is 4. The SMILES string of the molecule is C=C(C)C(=O)OC.CC(C)CCCCCC=CC(=O)O.CC=C(C)C(=O)O.